The third kappa shape index (κ3) is 16.2. The van der Waals surface area contributed by atoms with Gasteiger partial charge in [-0.3, -0.25) is 0 Å². The SMILES string of the molecule is COc1ccccc1N1CC[NH+](C[C@@H](O)COc2cccc3ccccc23)CC1.COc1ccccc1N1CC[NH+](C[C@H](O)COc2cccc3ccccc23)CC1.O=C(O)c1c([O-])cccc1O.O=C([O-])c1ccccc1. The molecule has 16 nitrogen and oxygen atoms in total. The summed E-state index contributed by atoms with van der Waals surface area (Å²) in [5.74, 6) is -0.221. The summed E-state index contributed by atoms with van der Waals surface area (Å²) in [5, 5.41) is 63.6. The first-order chi connectivity index (χ1) is 37.9. The molecule has 0 spiro atoms. The largest absolute Gasteiger partial charge is 0.872 e. The number of carbonyl (C=O) groups excluding carboxylic acids is 1. The molecule has 2 aliphatic rings. The Kier molecular flexibility index (Phi) is 21.3. The Morgan fingerprint density at radius 1 is 0.526 bits per heavy atom. The summed E-state index contributed by atoms with van der Waals surface area (Å²) in [6.07, 6.45) is -0.969. The zero-order valence-corrected chi connectivity index (χ0v) is 43.9. The second-order valence-electron chi connectivity index (χ2n) is 18.7. The number of aromatic carboxylic acids is 2. The van der Waals surface area contributed by atoms with Gasteiger partial charge in [0, 0.05) is 10.8 Å². The Hall–Kier alpha value is -8.54. The Balaban J connectivity index is 0.000000168. The number of phenols is 1. The molecule has 2 fully saturated rings. The summed E-state index contributed by atoms with van der Waals surface area (Å²) in [5.41, 5.74) is 1.94. The van der Waals surface area contributed by atoms with Gasteiger partial charge in [-0.1, -0.05) is 145 Å². The van der Waals surface area contributed by atoms with Crippen LogP contribution in [-0.2, 0) is 0 Å². The maximum Gasteiger partial charge on any atom is 0.338 e. The predicted molar refractivity (Wildman–Crippen MR) is 298 cm³/mol. The molecule has 6 N–H and O–H groups in total. The smallest absolute Gasteiger partial charge is 0.338 e. The fraction of sp³-hybridized carbons (Fsp3) is 0.258. The molecule has 0 aromatic heterocycles. The van der Waals surface area contributed by atoms with Crippen LogP contribution in [-0.4, -0.2) is 137 Å². The van der Waals surface area contributed by atoms with Gasteiger partial charge >= 0.3 is 5.97 Å². The van der Waals surface area contributed by atoms with E-state index < -0.39 is 41.2 Å². The Morgan fingerprint density at radius 3 is 1.31 bits per heavy atom. The number of carbonyl (C=O) groups is 2. The van der Waals surface area contributed by atoms with Crippen LogP contribution in [0, 0.1) is 0 Å². The number of nitrogens with one attached hydrogen (secondary N) is 2. The highest BCUT2D eigenvalue weighted by Crippen LogP contribution is 2.30. The number of aliphatic hydroxyl groups excluding tert-OH is 2. The molecule has 2 atom stereocenters. The van der Waals surface area contributed by atoms with Crippen LogP contribution in [0.15, 0.2) is 182 Å². The van der Waals surface area contributed by atoms with Gasteiger partial charge in [-0.15, -0.1) is 0 Å². The van der Waals surface area contributed by atoms with Crippen molar-refractivity contribution in [3.05, 3.63) is 193 Å². The van der Waals surface area contributed by atoms with E-state index in [2.05, 4.69) is 58.3 Å². The van der Waals surface area contributed by atoms with E-state index in [0.29, 0.717) is 26.3 Å². The summed E-state index contributed by atoms with van der Waals surface area (Å²) in [6.45, 7) is 9.79. The van der Waals surface area contributed by atoms with E-state index >= 15 is 0 Å². The van der Waals surface area contributed by atoms with E-state index in [-0.39, 0.29) is 5.56 Å². The number of aliphatic hydroxyl groups is 2. The lowest BCUT2D eigenvalue weighted by Gasteiger charge is -2.35. The molecule has 2 saturated heterocycles. The number of carboxylic acid groups (broad SMARTS) is 2. The first-order valence-corrected chi connectivity index (χ1v) is 25.9. The molecular weight excluding hydrogens is 993 g/mol. The maximum absolute atomic E-state index is 10.7. The first-order valence-electron chi connectivity index (χ1n) is 25.9. The second-order valence-corrected chi connectivity index (χ2v) is 18.7. The number of hydrogen-bond acceptors (Lipinski definition) is 13. The van der Waals surface area contributed by atoms with Crippen molar-refractivity contribution < 1.29 is 69.0 Å². The van der Waals surface area contributed by atoms with E-state index in [0.717, 1.165) is 120 Å². The number of nitrogens with zero attached hydrogens (tertiary/aromatic N) is 2. The highest BCUT2D eigenvalue weighted by molar-refractivity contribution is 5.93. The van der Waals surface area contributed by atoms with Gasteiger partial charge in [0.2, 0.25) is 0 Å². The Labute approximate surface area is 454 Å². The van der Waals surface area contributed by atoms with E-state index in [9.17, 15) is 30.0 Å². The van der Waals surface area contributed by atoms with Crippen molar-refractivity contribution in [3.63, 3.8) is 0 Å². The quantitative estimate of drug-likeness (QED) is 0.0801. The van der Waals surface area contributed by atoms with Crippen LogP contribution in [0.5, 0.6) is 34.5 Å². The van der Waals surface area contributed by atoms with Crippen LogP contribution < -0.4 is 48.8 Å². The summed E-state index contributed by atoms with van der Waals surface area (Å²) in [7, 11) is 3.43. The third-order valence-corrected chi connectivity index (χ3v) is 13.4. The zero-order valence-electron chi connectivity index (χ0n) is 43.9. The van der Waals surface area contributed by atoms with Gasteiger partial charge in [0.1, 0.15) is 67.3 Å². The van der Waals surface area contributed by atoms with Crippen LogP contribution in [0.4, 0.5) is 11.4 Å². The minimum atomic E-state index is -1.41. The van der Waals surface area contributed by atoms with E-state index in [1.807, 2.05) is 84.9 Å². The number of carboxylic acids is 2. The minimum absolute atomic E-state index is 0.220. The fourth-order valence-corrected chi connectivity index (χ4v) is 9.43. The fourth-order valence-electron chi connectivity index (χ4n) is 9.43. The highest BCUT2D eigenvalue weighted by Gasteiger charge is 2.26. The number of aromatic hydroxyl groups is 1. The normalized spacial score (nSPS) is 14.3. The lowest BCUT2D eigenvalue weighted by molar-refractivity contribution is -0.903. The minimum Gasteiger partial charge on any atom is -0.872 e. The molecule has 408 valence electrons. The van der Waals surface area contributed by atoms with Crippen molar-refractivity contribution in [2.45, 2.75) is 12.2 Å². The predicted octanol–water partition coefficient (Wildman–Crippen LogP) is 4.20. The average Bonchev–Trinajstić information content (AvgIpc) is 3.47. The molecule has 8 aromatic carbocycles. The Bertz CT molecular complexity index is 2960. The summed E-state index contributed by atoms with van der Waals surface area (Å²) in [6, 6.07) is 56.3. The van der Waals surface area contributed by atoms with Gasteiger partial charge in [-0.05, 0) is 58.8 Å². The van der Waals surface area contributed by atoms with Crippen molar-refractivity contribution in [2.75, 3.05) is 103 Å². The monoisotopic (exact) mass is 1060 g/mol. The van der Waals surface area contributed by atoms with Crippen LogP contribution in [0.3, 0.4) is 0 Å². The molecule has 0 saturated carbocycles. The number of methoxy groups -OCH3 is 2. The molecule has 0 unspecified atom stereocenters. The van der Waals surface area contributed by atoms with Gasteiger partial charge in [0.05, 0.1) is 89.5 Å². The van der Waals surface area contributed by atoms with Gasteiger partial charge < -0.3 is 74.0 Å². The summed E-state index contributed by atoms with van der Waals surface area (Å²) in [4.78, 5) is 27.9. The number of fused-ring (bicyclic) bond motifs is 2. The lowest BCUT2D eigenvalue weighted by Crippen LogP contribution is -3.16. The molecule has 10 rings (SSSR count). The zero-order chi connectivity index (χ0) is 55.2. The number of para-hydroxylation sites is 4. The number of hydrogen-bond donors (Lipinski definition) is 6. The van der Waals surface area contributed by atoms with Crippen molar-refractivity contribution >= 4 is 44.9 Å². The molecule has 0 radical (unpaired) electrons. The molecule has 16 heteroatoms. The third-order valence-electron chi connectivity index (χ3n) is 13.4. The number of benzene rings is 8. The van der Waals surface area contributed by atoms with Crippen molar-refractivity contribution in [3.8, 4) is 34.5 Å². The van der Waals surface area contributed by atoms with Gasteiger partial charge in [-0.2, -0.15) is 0 Å². The first kappa shape index (κ1) is 57.2. The van der Waals surface area contributed by atoms with Crippen molar-refractivity contribution in [1.29, 1.82) is 0 Å². The average molecular weight is 1060 g/mol. The van der Waals surface area contributed by atoms with Crippen LogP contribution in [0.2, 0.25) is 0 Å². The number of piperazine rings is 2. The van der Waals surface area contributed by atoms with Gasteiger partial charge in [-0.25, -0.2) is 4.79 Å². The van der Waals surface area contributed by atoms with Crippen LogP contribution in [0.1, 0.15) is 20.7 Å². The Morgan fingerprint density at radius 2 is 0.910 bits per heavy atom. The lowest BCUT2D eigenvalue weighted by atomic mass is 10.1. The summed E-state index contributed by atoms with van der Waals surface area (Å²) >= 11 is 0. The van der Waals surface area contributed by atoms with Crippen molar-refractivity contribution in [1.82, 2.24) is 0 Å². The molecular formula is C62H68N4O12. The molecule has 8 aromatic rings. The molecule has 78 heavy (non-hydrogen) atoms. The maximum atomic E-state index is 10.7. The topological polar surface area (TPSA) is 213 Å². The summed E-state index contributed by atoms with van der Waals surface area (Å²) < 4.78 is 22.9. The molecule has 0 aliphatic carbocycles. The van der Waals surface area contributed by atoms with Crippen LogP contribution in [0.25, 0.3) is 21.5 Å². The molecule has 2 heterocycles. The number of rotatable bonds is 16. The van der Waals surface area contributed by atoms with Gasteiger partial charge in [0.25, 0.3) is 0 Å². The highest BCUT2D eigenvalue weighted by atomic mass is 16.5. The van der Waals surface area contributed by atoms with E-state index in [1.165, 1.54) is 28.0 Å². The van der Waals surface area contributed by atoms with E-state index in [4.69, 9.17) is 29.2 Å². The molecule has 0 bridgehead atoms. The molecule has 2 aliphatic heterocycles. The molecule has 0 amide bonds. The van der Waals surface area contributed by atoms with Gasteiger partial charge in [0.15, 0.2) is 0 Å². The number of anilines is 2. The number of quaternary nitrogens is 2. The van der Waals surface area contributed by atoms with Crippen molar-refractivity contribution in [2.24, 2.45) is 0 Å². The standard InChI is InChI=1S/2C24H28N2O3.C7H6O4.C7H6O2/c2*1-28-24-11-5-4-10-22(24)26-15-13-25(14-16-26)17-20(27)18-29-23-12-6-8-19-7-2-3-9-21(19)23;8-4-2-1-3-5(9)6(4)7(10)11;8-7(9)6-4-2-1-3-5-6/h2*2-12,20,27H,13-18H2,1H3;1-3,8-9H,(H,10,11);1-5H,(H,8,9)/t2*20-;;/m10../s1. The van der Waals surface area contributed by atoms with Crippen LogP contribution >= 0.6 is 0 Å². The second kappa shape index (κ2) is 29.1. The van der Waals surface area contributed by atoms with E-state index in [1.54, 1.807) is 32.4 Å². The number of ether oxygens (including phenoxy) is 4.